The van der Waals surface area contributed by atoms with Crippen molar-refractivity contribution in [2.45, 2.75) is 26.7 Å². The molecule has 102 valence electrons. The molecule has 0 heterocycles. The van der Waals surface area contributed by atoms with Crippen LogP contribution in [0.2, 0.25) is 0 Å². The second-order valence-electron chi connectivity index (χ2n) is 4.55. The summed E-state index contributed by atoms with van der Waals surface area (Å²) in [5.41, 5.74) is 1.90. The van der Waals surface area contributed by atoms with Crippen molar-refractivity contribution >= 4 is 11.6 Å². The minimum Gasteiger partial charge on any atom is -0.325 e. The molecule has 0 unspecified atom stereocenters. The van der Waals surface area contributed by atoms with Gasteiger partial charge in [0.05, 0.1) is 12.6 Å². The molecule has 1 rings (SSSR count). The highest BCUT2D eigenvalue weighted by Gasteiger charge is 2.10. The highest BCUT2D eigenvalue weighted by atomic mass is 16.2. The van der Waals surface area contributed by atoms with E-state index in [-0.39, 0.29) is 5.91 Å². The monoisotopic (exact) mass is 259 g/mol. The molecule has 0 spiro atoms. The van der Waals surface area contributed by atoms with Crippen LogP contribution in [-0.2, 0) is 4.79 Å². The molecule has 1 N–H and O–H groups in total. The van der Waals surface area contributed by atoms with Crippen LogP contribution in [0.3, 0.4) is 0 Å². The van der Waals surface area contributed by atoms with E-state index in [2.05, 4.69) is 18.3 Å². The zero-order chi connectivity index (χ0) is 14.1. The number of aryl methyl sites for hydroxylation is 1. The van der Waals surface area contributed by atoms with Crippen molar-refractivity contribution in [3.8, 4) is 6.07 Å². The van der Waals surface area contributed by atoms with Crippen LogP contribution >= 0.6 is 0 Å². The largest absolute Gasteiger partial charge is 0.325 e. The Kier molecular flexibility index (Phi) is 6.62. The minimum atomic E-state index is -0.0271. The summed E-state index contributed by atoms with van der Waals surface area (Å²) in [7, 11) is 0. The fraction of sp³-hybridized carbons (Fsp3) is 0.467. The summed E-state index contributed by atoms with van der Waals surface area (Å²) in [5.74, 6) is -0.0271. The van der Waals surface area contributed by atoms with E-state index in [1.807, 2.05) is 36.1 Å². The van der Waals surface area contributed by atoms with Crippen molar-refractivity contribution in [2.24, 2.45) is 0 Å². The van der Waals surface area contributed by atoms with Gasteiger partial charge >= 0.3 is 0 Å². The summed E-state index contributed by atoms with van der Waals surface area (Å²) in [5, 5.41) is 11.5. The van der Waals surface area contributed by atoms with Gasteiger partial charge in [0.25, 0.3) is 0 Å². The predicted molar refractivity (Wildman–Crippen MR) is 76.8 cm³/mol. The van der Waals surface area contributed by atoms with Gasteiger partial charge in [-0.25, -0.2) is 0 Å². The minimum absolute atomic E-state index is 0.0271. The van der Waals surface area contributed by atoms with Gasteiger partial charge in [-0.2, -0.15) is 5.26 Å². The third-order valence-electron chi connectivity index (χ3n) is 2.87. The fourth-order valence-corrected chi connectivity index (χ4v) is 1.90. The third-order valence-corrected chi connectivity index (χ3v) is 2.87. The van der Waals surface area contributed by atoms with Crippen molar-refractivity contribution in [3.05, 3.63) is 29.8 Å². The molecule has 4 nitrogen and oxygen atoms in total. The Hall–Kier alpha value is -1.86. The van der Waals surface area contributed by atoms with Gasteiger partial charge in [0.2, 0.25) is 5.91 Å². The predicted octanol–water partition coefficient (Wildman–Crippen LogP) is 2.56. The molecule has 0 aliphatic heterocycles. The third kappa shape index (κ3) is 5.54. The van der Waals surface area contributed by atoms with Gasteiger partial charge in [0, 0.05) is 18.7 Å². The van der Waals surface area contributed by atoms with Crippen LogP contribution in [0.1, 0.15) is 25.3 Å². The molecule has 19 heavy (non-hydrogen) atoms. The fourth-order valence-electron chi connectivity index (χ4n) is 1.90. The van der Waals surface area contributed by atoms with Crippen molar-refractivity contribution in [3.63, 3.8) is 0 Å². The first kappa shape index (κ1) is 15.2. The quantitative estimate of drug-likeness (QED) is 0.818. The maximum Gasteiger partial charge on any atom is 0.238 e. The summed E-state index contributed by atoms with van der Waals surface area (Å²) in [6.07, 6.45) is 1.43. The van der Waals surface area contributed by atoms with E-state index < -0.39 is 0 Å². The number of amides is 1. The Morgan fingerprint density at radius 1 is 1.37 bits per heavy atom. The summed E-state index contributed by atoms with van der Waals surface area (Å²) in [6.45, 7) is 5.85. The average Bonchev–Trinajstić information content (AvgIpc) is 2.39. The Morgan fingerprint density at radius 3 is 2.74 bits per heavy atom. The van der Waals surface area contributed by atoms with Crippen LogP contribution in [0.25, 0.3) is 0 Å². The first-order chi connectivity index (χ1) is 9.17. The molecule has 0 fully saturated rings. The van der Waals surface area contributed by atoms with E-state index >= 15 is 0 Å². The first-order valence-electron chi connectivity index (χ1n) is 6.62. The molecular formula is C15H21N3O. The number of benzene rings is 1. The Balaban J connectivity index is 2.53. The zero-order valence-corrected chi connectivity index (χ0v) is 11.6. The van der Waals surface area contributed by atoms with Crippen molar-refractivity contribution in [1.29, 1.82) is 5.26 Å². The molecule has 0 radical (unpaired) electrons. The molecule has 0 atom stereocenters. The second kappa shape index (κ2) is 8.28. The molecule has 1 amide bonds. The molecule has 1 aromatic rings. The molecule has 0 bridgehead atoms. The standard InChI is InChI=1S/C15H21N3O/c1-3-10-18(11-6-9-16)12-15(19)17-14-8-5-4-7-13(14)2/h4-5,7-8H,3,6,10-12H2,1-2H3,(H,17,19). The molecular weight excluding hydrogens is 238 g/mol. The summed E-state index contributed by atoms with van der Waals surface area (Å²) < 4.78 is 0. The second-order valence-corrected chi connectivity index (χ2v) is 4.55. The summed E-state index contributed by atoms with van der Waals surface area (Å²) in [6, 6.07) is 9.83. The number of para-hydroxylation sites is 1. The van der Waals surface area contributed by atoms with E-state index in [1.165, 1.54) is 0 Å². The summed E-state index contributed by atoms with van der Waals surface area (Å²) in [4.78, 5) is 14.0. The lowest BCUT2D eigenvalue weighted by Gasteiger charge is -2.20. The topological polar surface area (TPSA) is 56.1 Å². The lowest BCUT2D eigenvalue weighted by atomic mass is 10.2. The number of carbonyl (C=O) groups excluding carboxylic acids is 1. The molecule has 4 heteroatoms. The number of anilines is 1. The SMILES string of the molecule is CCCN(CCC#N)CC(=O)Nc1ccccc1C. The number of hydrogen-bond acceptors (Lipinski definition) is 3. The van der Waals surface area contributed by atoms with Crippen molar-refractivity contribution in [1.82, 2.24) is 4.90 Å². The lowest BCUT2D eigenvalue weighted by molar-refractivity contribution is -0.117. The van der Waals surface area contributed by atoms with E-state index in [0.717, 1.165) is 24.2 Å². The number of nitriles is 1. The van der Waals surface area contributed by atoms with Crippen LogP contribution in [0.4, 0.5) is 5.69 Å². The van der Waals surface area contributed by atoms with Gasteiger partial charge < -0.3 is 5.32 Å². The van der Waals surface area contributed by atoms with Crippen molar-refractivity contribution in [2.75, 3.05) is 25.0 Å². The number of nitrogens with one attached hydrogen (secondary N) is 1. The molecule has 0 saturated heterocycles. The highest BCUT2D eigenvalue weighted by Crippen LogP contribution is 2.12. The number of rotatable bonds is 7. The molecule has 0 aliphatic carbocycles. The maximum absolute atomic E-state index is 12.0. The van der Waals surface area contributed by atoms with E-state index in [1.54, 1.807) is 0 Å². The van der Waals surface area contributed by atoms with Gasteiger partial charge in [0.1, 0.15) is 0 Å². The van der Waals surface area contributed by atoms with Crippen molar-refractivity contribution < 1.29 is 4.79 Å². The van der Waals surface area contributed by atoms with E-state index in [4.69, 9.17) is 5.26 Å². The Labute approximate surface area is 115 Å². The number of hydrogen-bond donors (Lipinski definition) is 1. The molecule has 0 aliphatic rings. The normalized spacial score (nSPS) is 10.2. The van der Waals surface area contributed by atoms with Crippen LogP contribution in [0, 0.1) is 18.3 Å². The Morgan fingerprint density at radius 2 is 2.11 bits per heavy atom. The molecule has 0 saturated carbocycles. The highest BCUT2D eigenvalue weighted by molar-refractivity contribution is 5.92. The van der Waals surface area contributed by atoms with Crippen LogP contribution in [-0.4, -0.2) is 30.4 Å². The van der Waals surface area contributed by atoms with E-state index in [0.29, 0.717) is 19.5 Å². The summed E-state index contributed by atoms with van der Waals surface area (Å²) >= 11 is 0. The van der Waals surface area contributed by atoms with Crippen LogP contribution in [0.5, 0.6) is 0 Å². The van der Waals surface area contributed by atoms with Gasteiger partial charge in [-0.05, 0) is 31.5 Å². The van der Waals surface area contributed by atoms with Gasteiger partial charge in [0.15, 0.2) is 0 Å². The smallest absolute Gasteiger partial charge is 0.238 e. The zero-order valence-electron chi connectivity index (χ0n) is 11.6. The number of carbonyl (C=O) groups is 1. The van der Waals surface area contributed by atoms with Crippen LogP contribution in [0.15, 0.2) is 24.3 Å². The lowest BCUT2D eigenvalue weighted by Crippen LogP contribution is -2.34. The van der Waals surface area contributed by atoms with Crippen LogP contribution < -0.4 is 5.32 Å². The average molecular weight is 259 g/mol. The van der Waals surface area contributed by atoms with Gasteiger partial charge in [-0.3, -0.25) is 9.69 Å². The first-order valence-corrected chi connectivity index (χ1v) is 6.62. The molecule has 1 aromatic carbocycles. The molecule has 0 aromatic heterocycles. The Bertz CT molecular complexity index is 451. The van der Waals surface area contributed by atoms with Gasteiger partial charge in [-0.1, -0.05) is 25.1 Å². The maximum atomic E-state index is 12.0. The number of nitrogens with zero attached hydrogens (tertiary/aromatic N) is 2. The van der Waals surface area contributed by atoms with Gasteiger partial charge in [-0.15, -0.1) is 0 Å². The van der Waals surface area contributed by atoms with E-state index in [9.17, 15) is 4.79 Å².